The van der Waals surface area contributed by atoms with Gasteiger partial charge in [0.05, 0.1) is 6.61 Å². The largest absolute Gasteiger partial charge is 0.380 e. The SMILES string of the molecule is ClCc1cccc(CNC2CCOC2)c1. The average molecular weight is 226 g/mol. The molecule has 1 aliphatic heterocycles. The molecule has 1 fully saturated rings. The summed E-state index contributed by atoms with van der Waals surface area (Å²) in [7, 11) is 0. The van der Waals surface area contributed by atoms with Crippen molar-refractivity contribution in [1.29, 1.82) is 0 Å². The Labute approximate surface area is 95.6 Å². The van der Waals surface area contributed by atoms with E-state index in [4.69, 9.17) is 16.3 Å². The lowest BCUT2D eigenvalue weighted by atomic mass is 10.1. The van der Waals surface area contributed by atoms with Crippen molar-refractivity contribution in [1.82, 2.24) is 5.32 Å². The second-order valence-corrected chi connectivity index (χ2v) is 4.16. The summed E-state index contributed by atoms with van der Waals surface area (Å²) in [6, 6.07) is 8.90. The number of rotatable bonds is 4. The Kier molecular flexibility index (Phi) is 4.01. The zero-order valence-corrected chi connectivity index (χ0v) is 9.46. The molecule has 1 heterocycles. The van der Waals surface area contributed by atoms with Crippen LogP contribution in [0.1, 0.15) is 17.5 Å². The molecule has 0 bridgehead atoms. The Morgan fingerprint density at radius 3 is 3.00 bits per heavy atom. The van der Waals surface area contributed by atoms with Gasteiger partial charge in [-0.25, -0.2) is 0 Å². The second kappa shape index (κ2) is 5.50. The van der Waals surface area contributed by atoms with E-state index in [1.165, 1.54) is 11.1 Å². The number of benzene rings is 1. The molecular weight excluding hydrogens is 210 g/mol. The molecule has 2 nitrogen and oxygen atoms in total. The molecule has 0 spiro atoms. The predicted molar refractivity (Wildman–Crippen MR) is 62.1 cm³/mol. The number of ether oxygens (including phenoxy) is 1. The lowest BCUT2D eigenvalue weighted by Crippen LogP contribution is -2.28. The van der Waals surface area contributed by atoms with E-state index in [9.17, 15) is 0 Å². The van der Waals surface area contributed by atoms with E-state index in [1.807, 2.05) is 0 Å². The molecule has 1 N–H and O–H groups in total. The first-order valence-electron chi connectivity index (χ1n) is 5.33. The monoisotopic (exact) mass is 225 g/mol. The van der Waals surface area contributed by atoms with Crippen molar-refractivity contribution in [2.45, 2.75) is 24.9 Å². The van der Waals surface area contributed by atoms with Crippen LogP contribution in [0.3, 0.4) is 0 Å². The van der Waals surface area contributed by atoms with Crippen LogP contribution >= 0.6 is 11.6 Å². The molecule has 0 amide bonds. The highest BCUT2D eigenvalue weighted by Gasteiger charge is 2.14. The van der Waals surface area contributed by atoms with Crippen LogP contribution in [0.25, 0.3) is 0 Å². The molecule has 15 heavy (non-hydrogen) atoms. The Hall–Kier alpha value is -0.570. The number of halogens is 1. The van der Waals surface area contributed by atoms with Gasteiger partial charge >= 0.3 is 0 Å². The van der Waals surface area contributed by atoms with Gasteiger partial charge in [-0.1, -0.05) is 24.3 Å². The molecule has 3 heteroatoms. The minimum atomic E-state index is 0.518. The van der Waals surface area contributed by atoms with Crippen LogP contribution < -0.4 is 5.32 Å². The molecule has 1 unspecified atom stereocenters. The van der Waals surface area contributed by atoms with E-state index in [0.29, 0.717) is 11.9 Å². The first-order valence-corrected chi connectivity index (χ1v) is 5.87. The summed E-state index contributed by atoms with van der Waals surface area (Å²) >= 11 is 5.79. The quantitative estimate of drug-likeness (QED) is 0.795. The number of alkyl halides is 1. The number of nitrogens with one attached hydrogen (secondary N) is 1. The van der Waals surface area contributed by atoms with Crippen molar-refractivity contribution in [2.24, 2.45) is 0 Å². The fourth-order valence-corrected chi connectivity index (χ4v) is 1.95. The summed E-state index contributed by atoms with van der Waals surface area (Å²) < 4.78 is 5.31. The summed E-state index contributed by atoms with van der Waals surface area (Å²) in [4.78, 5) is 0. The van der Waals surface area contributed by atoms with Crippen molar-refractivity contribution in [2.75, 3.05) is 13.2 Å². The van der Waals surface area contributed by atoms with Gasteiger partial charge in [-0.05, 0) is 17.5 Å². The molecule has 2 rings (SSSR count). The van der Waals surface area contributed by atoms with E-state index in [-0.39, 0.29) is 0 Å². The smallest absolute Gasteiger partial charge is 0.0620 e. The average Bonchev–Trinajstić information content (AvgIpc) is 2.79. The fraction of sp³-hybridized carbons (Fsp3) is 0.500. The minimum Gasteiger partial charge on any atom is -0.380 e. The van der Waals surface area contributed by atoms with E-state index < -0.39 is 0 Å². The van der Waals surface area contributed by atoms with Crippen LogP contribution in [0.2, 0.25) is 0 Å². The van der Waals surface area contributed by atoms with Crippen molar-refractivity contribution < 1.29 is 4.74 Å². The van der Waals surface area contributed by atoms with Crippen LogP contribution in [0, 0.1) is 0 Å². The molecule has 1 aromatic rings. The van der Waals surface area contributed by atoms with Gasteiger partial charge in [0.15, 0.2) is 0 Å². The highest BCUT2D eigenvalue weighted by Crippen LogP contribution is 2.09. The molecule has 0 aromatic heterocycles. The summed E-state index contributed by atoms with van der Waals surface area (Å²) in [5.41, 5.74) is 2.47. The predicted octanol–water partition coefficient (Wildman–Crippen LogP) is 2.30. The molecule has 82 valence electrons. The van der Waals surface area contributed by atoms with E-state index >= 15 is 0 Å². The highest BCUT2D eigenvalue weighted by molar-refractivity contribution is 6.17. The Bertz CT molecular complexity index is 310. The summed E-state index contributed by atoms with van der Waals surface area (Å²) in [5, 5.41) is 3.48. The lowest BCUT2D eigenvalue weighted by Gasteiger charge is -2.10. The number of hydrogen-bond donors (Lipinski definition) is 1. The molecular formula is C12H16ClNO. The van der Waals surface area contributed by atoms with Crippen LogP contribution in [-0.2, 0) is 17.2 Å². The third kappa shape index (κ3) is 3.20. The van der Waals surface area contributed by atoms with E-state index in [2.05, 4.69) is 29.6 Å². The fourth-order valence-electron chi connectivity index (χ4n) is 1.78. The molecule has 0 aliphatic carbocycles. The van der Waals surface area contributed by atoms with Crippen molar-refractivity contribution >= 4 is 11.6 Å². The van der Waals surface area contributed by atoms with E-state index in [1.54, 1.807) is 0 Å². The topological polar surface area (TPSA) is 21.3 Å². The summed E-state index contributed by atoms with van der Waals surface area (Å²) in [5.74, 6) is 0.584. The van der Waals surface area contributed by atoms with Gasteiger partial charge in [0.25, 0.3) is 0 Å². The third-order valence-corrected chi connectivity index (χ3v) is 2.98. The van der Waals surface area contributed by atoms with Crippen LogP contribution in [-0.4, -0.2) is 19.3 Å². The second-order valence-electron chi connectivity index (χ2n) is 3.89. The van der Waals surface area contributed by atoms with Crippen molar-refractivity contribution in [3.63, 3.8) is 0 Å². The Morgan fingerprint density at radius 1 is 1.40 bits per heavy atom. The highest BCUT2D eigenvalue weighted by atomic mass is 35.5. The van der Waals surface area contributed by atoms with Gasteiger partial charge in [0, 0.05) is 25.1 Å². The molecule has 1 saturated heterocycles. The Balaban J connectivity index is 1.86. The summed E-state index contributed by atoms with van der Waals surface area (Å²) in [6.45, 7) is 2.63. The van der Waals surface area contributed by atoms with Gasteiger partial charge in [-0.15, -0.1) is 11.6 Å². The minimum absolute atomic E-state index is 0.518. The maximum Gasteiger partial charge on any atom is 0.0620 e. The first kappa shape index (κ1) is 10.9. The first-order chi connectivity index (χ1) is 7.38. The van der Waals surface area contributed by atoms with Crippen molar-refractivity contribution in [3.8, 4) is 0 Å². The van der Waals surface area contributed by atoms with Gasteiger partial charge in [-0.2, -0.15) is 0 Å². The van der Waals surface area contributed by atoms with Crippen LogP contribution in [0.4, 0.5) is 0 Å². The van der Waals surface area contributed by atoms with Crippen molar-refractivity contribution in [3.05, 3.63) is 35.4 Å². The van der Waals surface area contributed by atoms with Gasteiger partial charge in [0.2, 0.25) is 0 Å². The zero-order valence-electron chi connectivity index (χ0n) is 8.71. The van der Waals surface area contributed by atoms with Gasteiger partial charge in [-0.3, -0.25) is 0 Å². The normalized spacial score (nSPS) is 20.7. The molecule has 0 radical (unpaired) electrons. The standard InChI is InChI=1S/C12H16ClNO/c13-7-10-2-1-3-11(6-10)8-14-12-4-5-15-9-12/h1-3,6,12,14H,4-5,7-9H2. The van der Waals surface area contributed by atoms with Crippen LogP contribution in [0.15, 0.2) is 24.3 Å². The zero-order chi connectivity index (χ0) is 10.5. The summed E-state index contributed by atoms with van der Waals surface area (Å²) in [6.07, 6.45) is 1.12. The molecule has 0 saturated carbocycles. The Morgan fingerprint density at radius 2 is 2.27 bits per heavy atom. The van der Waals surface area contributed by atoms with Crippen LogP contribution in [0.5, 0.6) is 0 Å². The molecule has 1 aromatic carbocycles. The van der Waals surface area contributed by atoms with Gasteiger partial charge < -0.3 is 10.1 Å². The van der Waals surface area contributed by atoms with E-state index in [0.717, 1.165) is 26.2 Å². The molecule has 1 aliphatic rings. The van der Waals surface area contributed by atoms with Gasteiger partial charge in [0.1, 0.15) is 0 Å². The number of hydrogen-bond acceptors (Lipinski definition) is 2. The third-order valence-electron chi connectivity index (χ3n) is 2.67. The lowest BCUT2D eigenvalue weighted by molar-refractivity contribution is 0.190. The maximum absolute atomic E-state index is 5.79. The maximum atomic E-state index is 5.79. The molecule has 1 atom stereocenters.